The molecule has 0 spiro atoms. The van der Waals surface area contributed by atoms with Gasteiger partial charge in [0.1, 0.15) is 5.82 Å². The third kappa shape index (κ3) is 4.32. The summed E-state index contributed by atoms with van der Waals surface area (Å²) in [4.78, 5) is 0. The van der Waals surface area contributed by atoms with Crippen molar-refractivity contribution in [2.45, 2.75) is 39.3 Å². The van der Waals surface area contributed by atoms with E-state index in [0.29, 0.717) is 17.6 Å². The lowest BCUT2D eigenvalue weighted by atomic mass is 10.1. The van der Waals surface area contributed by atoms with Crippen LogP contribution in [-0.4, -0.2) is 11.1 Å². The molecule has 1 atom stereocenters. The number of nitrogens with zero attached hydrogens (tertiary/aromatic N) is 1. The highest BCUT2D eigenvalue weighted by Crippen LogP contribution is 2.22. The van der Waals surface area contributed by atoms with Crippen molar-refractivity contribution in [3.05, 3.63) is 58.6 Å². The minimum atomic E-state index is -0.252. The molecule has 1 N–H and O–H groups in total. The molecule has 0 radical (unpaired) electrons. The number of hydrogen-bond acceptors (Lipinski definition) is 1. The Labute approximate surface area is 130 Å². The highest BCUT2D eigenvalue weighted by molar-refractivity contribution is 6.31. The van der Waals surface area contributed by atoms with Crippen molar-refractivity contribution < 1.29 is 4.39 Å². The van der Waals surface area contributed by atoms with E-state index in [0.717, 1.165) is 24.9 Å². The molecule has 0 aliphatic heterocycles. The zero-order valence-electron chi connectivity index (χ0n) is 12.6. The van der Waals surface area contributed by atoms with Crippen LogP contribution in [-0.2, 0) is 6.54 Å². The third-order valence-electron chi connectivity index (χ3n) is 3.56. The van der Waals surface area contributed by atoms with Gasteiger partial charge in [0.25, 0.3) is 0 Å². The molecule has 114 valence electrons. The van der Waals surface area contributed by atoms with Crippen LogP contribution in [0.2, 0.25) is 5.02 Å². The molecule has 2 aromatic rings. The van der Waals surface area contributed by atoms with Gasteiger partial charge in [0.05, 0.1) is 0 Å². The van der Waals surface area contributed by atoms with Gasteiger partial charge in [-0.25, -0.2) is 4.39 Å². The second-order valence-corrected chi connectivity index (χ2v) is 5.66. The fourth-order valence-corrected chi connectivity index (χ4v) is 2.72. The van der Waals surface area contributed by atoms with E-state index >= 15 is 0 Å². The molecular formula is C17H22ClFN2. The van der Waals surface area contributed by atoms with Crippen LogP contribution in [0.1, 0.15) is 43.9 Å². The molecule has 4 heteroatoms. The van der Waals surface area contributed by atoms with Crippen LogP contribution in [0.5, 0.6) is 0 Å². The summed E-state index contributed by atoms with van der Waals surface area (Å²) in [6, 6.07) is 6.99. The maximum absolute atomic E-state index is 13.3. The quantitative estimate of drug-likeness (QED) is 0.779. The van der Waals surface area contributed by atoms with E-state index in [-0.39, 0.29) is 5.82 Å². The molecule has 1 aromatic heterocycles. The Morgan fingerprint density at radius 3 is 2.81 bits per heavy atom. The summed E-state index contributed by atoms with van der Waals surface area (Å²) in [6.07, 6.45) is 6.39. The predicted molar refractivity (Wildman–Crippen MR) is 86.3 cm³/mol. The highest BCUT2D eigenvalue weighted by atomic mass is 35.5. The van der Waals surface area contributed by atoms with E-state index in [9.17, 15) is 4.39 Å². The smallest absolute Gasteiger partial charge is 0.123 e. The van der Waals surface area contributed by atoms with E-state index < -0.39 is 0 Å². The topological polar surface area (TPSA) is 17.0 Å². The van der Waals surface area contributed by atoms with Gasteiger partial charge in [0.2, 0.25) is 0 Å². The van der Waals surface area contributed by atoms with Gasteiger partial charge in [-0.1, -0.05) is 31.9 Å². The number of halogens is 2. The summed E-state index contributed by atoms with van der Waals surface area (Å²) >= 11 is 6.12. The van der Waals surface area contributed by atoms with Gasteiger partial charge in [-0.15, -0.1) is 0 Å². The van der Waals surface area contributed by atoms with Crippen molar-refractivity contribution in [2.24, 2.45) is 0 Å². The molecule has 0 amide bonds. The van der Waals surface area contributed by atoms with Crippen LogP contribution in [0, 0.1) is 5.82 Å². The molecule has 0 saturated heterocycles. The van der Waals surface area contributed by atoms with E-state index in [1.54, 1.807) is 6.07 Å². The zero-order valence-corrected chi connectivity index (χ0v) is 13.3. The van der Waals surface area contributed by atoms with Crippen LogP contribution >= 0.6 is 11.6 Å². The van der Waals surface area contributed by atoms with Crippen molar-refractivity contribution >= 4 is 11.6 Å². The highest BCUT2D eigenvalue weighted by Gasteiger charge is 2.11. The van der Waals surface area contributed by atoms with Crippen LogP contribution in [0.3, 0.4) is 0 Å². The summed E-state index contributed by atoms with van der Waals surface area (Å²) in [7, 11) is 0. The van der Waals surface area contributed by atoms with Crippen molar-refractivity contribution in [1.29, 1.82) is 0 Å². The molecule has 1 unspecified atom stereocenters. The lowest BCUT2D eigenvalue weighted by Crippen LogP contribution is -2.20. The third-order valence-corrected chi connectivity index (χ3v) is 3.93. The Morgan fingerprint density at radius 1 is 1.29 bits per heavy atom. The van der Waals surface area contributed by atoms with Gasteiger partial charge >= 0.3 is 0 Å². The zero-order chi connectivity index (χ0) is 15.2. The van der Waals surface area contributed by atoms with Crippen LogP contribution < -0.4 is 5.32 Å². The first-order valence-corrected chi connectivity index (χ1v) is 7.84. The summed E-state index contributed by atoms with van der Waals surface area (Å²) in [5, 5.41) is 4.10. The summed E-state index contributed by atoms with van der Waals surface area (Å²) in [6.45, 7) is 5.84. The lowest BCUT2D eigenvalue weighted by Gasteiger charge is -2.15. The van der Waals surface area contributed by atoms with Gasteiger partial charge in [-0.3, -0.25) is 0 Å². The van der Waals surface area contributed by atoms with Crippen LogP contribution in [0.4, 0.5) is 4.39 Å². The number of hydrogen-bond donors (Lipinski definition) is 1. The van der Waals surface area contributed by atoms with Gasteiger partial charge < -0.3 is 9.88 Å². The predicted octanol–water partition coefficient (Wildman–Crippen LogP) is 4.78. The first-order chi connectivity index (χ1) is 10.1. The standard InChI is InChI=1S/C17H22ClFN2/c1-3-5-17(20-4-2)13-8-9-21(11-13)12-14-10-15(19)6-7-16(14)18/h6-11,17,20H,3-5,12H2,1-2H3. The Bertz CT molecular complexity index is 574. The number of benzene rings is 1. The second kappa shape index (κ2) is 7.62. The monoisotopic (exact) mass is 308 g/mol. The maximum atomic E-state index is 13.3. The van der Waals surface area contributed by atoms with E-state index in [2.05, 4.69) is 36.0 Å². The fourth-order valence-electron chi connectivity index (χ4n) is 2.55. The van der Waals surface area contributed by atoms with E-state index in [1.165, 1.54) is 17.7 Å². The molecule has 0 aliphatic rings. The summed E-state index contributed by atoms with van der Waals surface area (Å²) in [5.74, 6) is -0.252. The van der Waals surface area contributed by atoms with Gasteiger partial charge in [-0.2, -0.15) is 0 Å². The Hall–Kier alpha value is -1.32. The average Bonchev–Trinajstić information content (AvgIpc) is 2.91. The van der Waals surface area contributed by atoms with E-state index in [1.807, 2.05) is 6.20 Å². The second-order valence-electron chi connectivity index (χ2n) is 5.25. The SMILES string of the molecule is CCCC(NCC)c1ccn(Cc2cc(F)ccc2Cl)c1. The summed E-state index contributed by atoms with van der Waals surface area (Å²) < 4.78 is 15.4. The Balaban J connectivity index is 2.13. The van der Waals surface area contributed by atoms with Crippen LogP contribution in [0.15, 0.2) is 36.7 Å². The molecule has 1 heterocycles. The van der Waals surface area contributed by atoms with E-state index in [4.69, 9.17) is 11.6 Å². The molecule has 2 rings (SSSR count). The van der Waals surface area contributed by atoms with Crippen LogP contribution in [0.25, 0.3) is 0 Å². The average molecular weight is 309 g/mol. The molecule has 1 aromatic carbocycles. The van der Waals surface area contributed by atoms with Crippen molar-refractivity contribution in [1.82, 2.24) is 9.88 Å². The van der Waals surface area contributed by atoms with Gasteiger partial charge in [0, 0.05) is 30.0 Å². The minimum absolute atomic E-state index is 0.252. The first-order valence-electron chi connectivity index (χ1n) is 7.47. The van der Waals surface area contributed by atoms with Gasteiger partial charge in [0.15, 0.2) is 0 Å². The molecule has 21 heavy (non-hydrogen) atoms. The Morgan fingerprint density at radius 2 is 2.10 bits per heavy atom. The molecule has 2 nitrogen and oxygen atoms in total. The lowest BCUT2D eigenvalue weighted by molar-refractivity contribution is 0.508. The molecular weight excluding hydrogens is 287 g/mol. The normalized spacial score (nSPS) is 12.6. The number of aromatic nitrogens is 1. The number of rotatable bonds is 7. The first kappa shape index (κ1) is 16.1. The largest absolute Gasteiger partial charge is 0.350 e. The molecule has 0 bridgehead atoms. The summed E-state index contributed by atoms with van der Waals surface area (Å²) in [5.41, 5.74) is 2.07. The molecule has 0 aliphatic carbocycles. The molecule has 0 saturated carbocycles. The van der Waals surface area contributed by atoms with Gasteiger partial charge in [-0.05, 0) is 48.4 Å². The maximum Gasteiger partial charge on any atom is 0.123 e. The van der Waals surface area contributed by atoms with Crippen molar-refractivity contribution in [2.75, 3.05) is 6.54 Å². The number of nitrogens with one attached hydrogen (secondary N) is 1. The Kier molecular flexibility index (Phi) is 5.83. The van der Waals surface area contributed by atoms with Crippen molar-refractivity contribution in [3.8, 4) is 0 Å². The fraction of sp³-hybridized carbons (Fsp3) is 0.412. The van der Waals surface area contributed by atoms with Crippen molar-refractivity contribution in [3.63, 3.8) is 0 Å². The molecule has 0 fully saturated rings. The minimum Gasteiger partial charge on any atom is -0.350 e.